The first-order valence-corrected chi connectivity index (χ1v) is 11.7. The number of hydrogen-bond donors (Lipinski definition) is 1. The molecule has 2 fully saturated rings. The third-order valence-corrected chi connectivity index (χ3v) is 6.84. The number of carbonyl (C=O) groups excluding carboxylic acids is 1. The number of hydrogen-bond acceptors (Lipinski definition) is 3. The third kappa shape index (κ3) is 6.62. The largest absolute Gasteiger partial charge is 0.352 e. The van der Waals surface area contributed by atoms with E-state index in [9.17, 15) is 9.18 Å². The molecule has 1 amide bonds. The van der Waals surface area contributed by atoms with Crippen LogP contribution in [0.1, 0.15) is 43.2 Å². The van der Waals surface area contributed by atoms with E-state index >= 15 is 0 Å². The van der Waals surface area contributed by atoms with Gasteiger partial charge in [-0.3, -0.25) is 14.6 Å². The molecule has 2 saturated heterocycles. The summed E-state index contributed by atoms with van der Waals surface area (Å²) in [6.45, 7) is 6.20. The van der Waals surface area contributed by atoms with Crippen molar-refractivity contribution in [3.63, 3.8) is 0 Å². The molecule has 4 nitrogen and oxygen atoms in total. The summed E-state index contributed by atoms with van der Waals surface area (Å²) in [5, 5.41) is 2.96. The molecule has 31 heavy (non-hydrogen) atoms. The Balaban J connectivity index is 1.12. The summed E-state index contributed by atoms with van der Waals surface area (Å²) in [6.07, 6.45) is 5.21. The highest BCUT2D eigenvalue weighted by atomic mass is 19.1. The van der Waals surface area contributed by atoms with Crippen molar-refractivity contribution in [2.45, 2.75) is 51.2 Å². The zero-order valence-electron chi connectivity index (χ0n) is 18.3. The van der Waals surface area contributed by atoms with Gasteiger partial charge in [0.05, 0.1) is 0 Å². The van der Waals surface area contributed by atoms with Crippen LogP contribution in [0.5, 0.6) is 0 Å². The molecule has 2 aliphatic rings. The van der Waals surface area contributed by atoms with Gasteiger partial charge in [-0.25, -0.2) is 4.39 Å². The highest BCUT2D eigenvalue weighted by Crippen LogP contribution is 2.26. The first-order valence-electron chi connectivity index (χ1n) is 11.7. The minimum Gasteiger partial charge on any atom is -0.352 e. The summed E-state index contributed by atoms with van der Waals surface area (Å²) in [4.78, 5) is 17.4. The molecule has 0 bridgehead atoms. The number of rotatable bonds is 8. The molecule has 5 heteroatoms. The van der Waals surface area contributed by atoms with Crippen molar-refractivity contribution in [2.75, 3.05) is 26.2 Å². The quantitative estimate of drug-likeness (QED) is 0.691. The molecule has 1 atom stereocenters. The summed E-state index contributed by atoms with van der Waals surface area (Å²) >= 11 is 0. The minimum absolute atomic E-state index is 0.0964. The van der Waals surface area contributed by atoms with Gasteiger partial charge in [0.2, 0.25) is 5.91 Å². The number of amides is 1. The average molecular weight is 424 g/mol. The Bertz CT molecular complexity index is 818. The lowest BCUT2D eigenvalue weighted by atomic mass is 9.91. The van der Waals surface area contributed by atoms with E-state index in [4.69, 9.17) is 0 Å². The number of likely N-dealkylation sites (tertiary alicyclic amines) is 2. The van der Waals surface area contributed by atoms with Gasteiger partial charge in [-0.15, -0.1) is 0 Å². The van der Waals surface area contributed by atoms with E-state index in [0.29, 0.717) is 24.9 Å². The SMILES string of the molecule is O=C(CCC1CCN([C@@H]2CCN(Cc3ccccc3)C2)CC1)NCc1ccc(F)cc1. The fraction of sp³-hybridized carbons (Fsp3) is 0.500. The van der Waals surface area contributed by atoms with Gasteiger partial charge in [0.1, 0.15) is 5.82 Å². The van der Waals surface area contributed by atoms with E-state index in [-0.39, 0.29) is 11.7 Å². The van der Waals surface area contributed by atoms with Crippen LogP contribution >= 0.6 is 0 Å². The molecule has 0 spiro atoms. The van der Waals surface area contributed by atoms with E-state index in [2.05, 4.69) is 45.4 Å². The van der Waals surface area contributed by atoms with E-state index in [1.807, 2.05) is 0 Å². The van der Waals surface area contributed by atoms with E-state index in [0.717, 1.165) is 31.6 Å². The molecule has 0 saturated carbocycles. The lowest BCUT2D eigenvalue weighted by Crippen LogP contribution is -2.43. The molecule has 4 rings (SSSR count). The fourth-order valence-electron chi connectivity index (χ4n) is 4.93. The van der Waals surface area contributed by atoms with Gasteiger partial charge in [-0.05, 0) is 68.0 Å². The predicted molar refractivity (Wildman–Crippen MR) is 122 cm³/mol. The van der Waals surface area contributed by atoms with Crippen LogP contribution in [0.15, 0.2) is 54.6 Å². The van der Waals surface area contributed by atoms with E-state index in [1.54, 1.807) is 12.1 Å². The maximum Gasteiger partial charge on any atom is 0.220 e. The fourth-order valence-corrected chi connectivity index (χ4v) is 4.93. The predicted octanol–water partition coefficient (Wildman–Crippen LogP) is 4.21. The molecular formula is C26H34FN3O. The van der Waals surface area contributed by atoms with Gasteiger partial charge in [0.25, 0.3) is 0 Å². The van der Waals surface area contributed by atoms with Crippen molar-refractivity contribution < 1.29 is 9.18 Å². The lowest BCUT2D eigenvalue weighted by molar-refractivity contribution is -0.121. The molecule has 2 aromatic rings. The van der Waals surface area contributed by atoms with Crippen LogP contribution in [0.2, 0.25) is 0 Å². The zero-order valence-corrected chi connectivity index (χ0v) is 18.3. The van der Waals surface area contributed by atoms with Gasteiger partial charge in [0.15, 0.2) is 0 Å². The Hall–Kier alpha value is -2.24. The van der Waals surface area contributed by atoms with Crippen molar-refractivity contribution in [3.05, 3.63) is 71.5 Å². The normalized spacial score (nSPS) is 20.7. The maximum atomic E-state index is 13.0. The van der Waals surface area contributed by atoms with Crippen LogP contribution in [0.4, 0.5) is 4.39 Å². The number of halogens is 1. The Morgan fingerprint density at radius 2 is 1.68 bits per heavy atom. The molecule has 0 aliphatic carbocycles. The van der Waals surface area contributed by atoms with Gasteiger partial charge in [0, 0.05) is 38.6 Å². The minimum atomic E-state index is -0.247. The highest BCUT2D eigenvalue weighted by Gasteiger charge is 2.30. The first-order chi connectivity index (χ1) is 15.2. The second kappa shape index (κ2) is 10.9. The summed E-state index contributed by atoms with van der Waals surface area (Å²) in [6, 6.07) is 17.7. The van der Waals surface area contributed by atoms with Crippen molar-refractivity contribution in [1.82, 2.24) is 15.1 Å². The Labute approximate surface area is 185 Å². The van der Waals surface area contributed by atoms with Gasteiger partial charge >= 0.3 is 0 Å². The van der Waals surface area contributed by atoms with Gasteiger partial charge < -0.3 is 5.32 Å². The number of piperidine rings is 1. The van der Waals surface area contributed by atoms with Crippen LogP contribution in [0.3, 0.4) is 0 Å². The second-order valence-corrected chi connectivity index (χ2v) is 9.08. The number of carbonyl (C=O) groups is 1. The molecule has 2 heterocycles. The maximum absolute atomic E-state index is 13.0. The average Bonchev–Trinajstić information content (AvgIpc) is 3.27. The zero-order chi connectivity index (χ0) is 21.5. The first kappa shape index (κ1) is 22.0. The number of nitrogens with one attached hydrogen (secondary N) is 1. The Morgan fingerprint density at radius 1 is 0.935 bits per heavy atom. The smallest absolute Gasteiger partial charge is 0.220 e. The van der Waals surface area contributed by atoms with Crippen molar-refractivity contribution in [3.8, 4) is 0 Å². The van der Waals surface area contributed by atoms with Crippen LogP contribution in [0.25, 0.3) is 0 Å². The topological polar surface area (TPSA) is 35.6 Å². The van der Waals surface area contributed by atoms with E-state index in [1.165, 1.54) is 50.0 Å². The van der Waals surface area contributed by atoms with Crippen LogP contribution < -0.4 is 5.32 Å². The van der Waals surface area contributed by atoms with E-state index < -0.39 is 0 Å². The Kier molecular flexibility index (Phi) is 7.71. The van der Waals surface area contributed by atoms with Crippen LogP contribution in [-0.4, -0.2) is 47.9 Å². The standard InChI is InChI=1S/C26H34FN3O/c27-24-9-6-22(7-10-24)18-28-26(31)11-8-21-12-16-30(17-13-21)25-14-15-29(20-25)19-23-4-2-1-3-5-23/h1-7,9-10,21,25H,8,11-20H2,(H,28,31)/t25-/m1/s1. The van der Waals surface area contributed by atoms with Gasteiger partial charge in [-0.1, -0.05) is 42.5 Å². The molecule has 0 radical (unpaired) electrons. The Morgan fingerprint density at radius 3 is 2.42 bits per heavy atom. The van der Waals surface area contributed by atoms with Crippen molar-refractivity contribution >= 4 is 5.91 Å². The lowest BCUT2D eigenvalue weighted by Gasteiger charge is -2.36. The molecule has 2 aliphatic heterocycles. The summed E-state index contributed by atoms with van der Waals surface area (Å²) in [7, 11) is 0. The third-order valence-electron chi connectivity index (χ3n) is 6.84. The van der Waals surface area contributed by atoms with Gasteiger partial charge in [-0.2, -0.15) is 0 Å². The summed E-state index contributed by atoms with van der Waals surface area (Å²) in [5.41, 5.74) is 2.33. The monoisotopic (exact) mass is 423 g/mol. The number of benzene rings is 2. The second-order valence-electron chi connectivity index (χ2n) is 9.08. The molecule has 166 valence electrons. The molecule has 2 aromatic carbocycles. The number of nitrogens with zero attached hydrogens (tertiary/aromatic N) is 2. The van der Waals surface area contributed by atoms with Crippen molar-refractivity contribution in [2.24, 2.45) is 5.92 Å². The van der Waals surface area contributed by atoms with Crippen LogP contribution in [-0.2, 0) is 17.9 Å². The summed E-state index contributed by atoms with van der Waals surface area (Å²) < 4.78 is 13.0. The molecule has 1 N–H and O–H groups in total. The molecule has 0 aromatic heterocycles. The molecule has 0 unspecified atom stereocenters. The molecular weight excluding hydrogens is 389 g/mol. The van der Waals surface area contributed by atoms with Crippen molar-refractivity contribution in [1.29, 1.82) is 0 Å². The highest BCUT2D eigenvalue weighted by molar-refractivity contribution is 5.75. The van der Waals surface area contributed by atoms with Crippen LogP contribution in [0, 0.1) is 11.7 Å². The summed E-state index contributed by atoms with van der Waals surface area (Å²) in [5.74, 6) is 0.497.